The molecule has 2 aromatic rings. The highest BCUT2D eigenvalue weighted by molar-refractivity contribution is 7.89. The number of aryl methyl sites for hydroxylation is 1. The summed E-state index contributed by atoms with van der Waals surface area (Å²) in [6.45, 7) is 2.21. The van der Waals surface area contributed by atoms with Crippen LogP contribution in [0.2, 0.25) is 0 Å². The van der Waals surface area contributed by atoms with Gasteiger partial charge in [0.05, 0.1) is 30.2 Å². The Morgan fingerprint density at radius 2 is 1.77 bits per heavy atom. The lowest BCUT2D eigenvalue weighted by Crippen LogP contribution is -2.58. The predicted octanol–water partition coefficient (Wildman–Crippen LogP) is 3.49. The summed E-state index contributed by atoms with van der Waals surface area (Å²) in [5, 5.41) is 11.3. The van der Waals surface area contributed by atoms with E-state index in [4.69, 9.17) is 4.74 Å². The highest BCUT2D eigenvalue weighted by Gasteiger charge is 2.40. The number of fused-ring (bicyclic) bond motifs is 1. The summed E-state index contributed by atoms with van der Waals surface area (Å²) in [5.74, 6) is 0.602. The first-order valence-corrected chi connectivity index (χ1v) is 12.6. The second-order valence-electron chi connectivity index (χ2n) is 8.67. The average molecular weight is 445 g/mol. The molecule has 1 aliphatic carbocycles. The van der Waals surface area contributed by atoms with Gasteiger partial charge < -0.3 is 14.7 Å². The van der Waals surface area contributed by atoms with Crippen molar-refractivity contribution in [3.05, 3.63) is 54.1 Å². The molecular formula is C24H32N2O4S. The quantitative estimate of drug-likeness (QED) is 0.738. The minimum absolute atomic E-state index is 0.119. The summed E-state index contributed by atoms with van der Waals surface area (Å²) in [6, 6.07) is 14.4. The summed E-state index contributed by atoms with van der Waals surface area (Å²) in [5.41, 5.74) is 2.48. The summed E-state index contributed by atoms with van der Waals surface area (Å²) in [6.07, 6.45) is 4.76. The van der Waals surface area contributed by atoms with Gasteiger partial charge in [0.25, 0.3) is 0 Å². The Balaban J connectivity index is 1.57. The molecule has 0 radical (unpaired) electrons. The first-order chi connectivity index (χ1) is 14.9. The van der Waals surface area contributed by atoms with Crippen molar-refractivity contribution >= 4 is 15.7 Å². The predicted molar refractivity (Wildman–Crippen MR) is 122 cm³/mol. The molecule has 0 spiro atoms. The number of ether oxygens (including phenoxy) is 1. The molecule has 0 aromatic heterocycles. The number of hydrogen-bond donors (Lipinski definition) is 2. The Morgan fingerprint density at radius 3 is 2.52 bits per heavy atom. The van der Waals surface area contributed by atoms with Crippen LogP contribution in [0.15, 0.2) is 53.4 Å². The Morgan fingerprint density at radius 1 is 1.03 bits per heavy atom. The second-order valence-corrected chi connectivity index (χ2v) is 10.4. The largest absolute Gasteiger partial charge is 0.497 e. The van der Waals surface area contributed by atoms with Crippen LogP contribution in [0.5, 0.6) is 5.75 Å². The van der Waals surface area contributed by atoms with E-state index in [1.54, 1.807) is 19.2 Å². The van der Waals surface area contributed by atoms with Crippen molar-refractivity contribution in [1.29, 1.82) is 0 Å². The van der Waals surface area contributed by atoms with Crippen LogP contribution in [0.25, 0.3) is 0 Å². The van der Waals surface area contributed by atoms with E-state index in [9.17, 15) is 13.5 Å². The van der Waals surface area contributed by atoms with E-state index in [0.29, 0.717) is 18.2 Å². The third-order valence-corrected chi connectivity index (χ3v) is 8.17. The maximum atomic E-state index is 13.0. The molecule has 1 saturated carbocycles. The van der Waals surface area contributed by atoms with Gasteiger partial charge in [-0.25, -0.2) is 13.1 Å². The Kier molecular flexibility index (Phi) is 6.55. The summed E-state index contributed by atoms with van der Waals surface area (Å²) < 4.78 is 33.8. The molecule has 2 N–H and O–H groups in total. The molecule has 0 amide bonds. The standard InChI is InChI=1S/C24H32N2O4S/c1-17-7-5-9-18-8-3-4-11-22(18)26(17)23-12-6-10-21(24(23)27)25-31(28,29)20-15-13-19(30-2)14-16-20/h3-4,8,11,13-17,21,23-25,27H,5-7,9-10,12H2,1-2H3. The number of aliphatic hydroxyl groups is 1. The maximum absolute atomic E-state index is 13.0. The van der Waals surface area contributed by atoms with Crippen molar-refractivity contribution in [2.75, 3.05) is 12.0 Å². The van der Waals surface area contributed by atoms with E-state index in [1.165, 1.54) is 23.4 Å². The highest BCUT2D eigenvalue weighted by atomic mass is 32.2. The molecule has 1 heterocycles. The van der Waals surface area contributed by atoms with E-state index in [2.05, 4.69) is 34.7 Å². The molecule has 0 bridgehead atoms. The zero-order valence-corrected chi connectivity index (χ0v) is 19.0. The molecule has 4 atom stereocenters. The number of anilines is 1. The first kappa shape index (κ1) is 22.1. The van der Waals surface area contributed by atoms with Crippen LogP contribution in [-0.2, 0) is 16.4 Å². The minimum atomic E-state index is -3.74. The van der Waals surface area contributed by atoms with Gasteiger partial charge in [0.15, 0.2) is 0 Å². The van der Waals surface area contributed by atoms with E-state index in [0.717, 1.165) is 32.1 Å². The van der Waals surface area contributed by atoms with Crippen LogP contribution in [0.3, 0.4) is 0 Å². The van der Waals surface area contributed by atoms with Crippen molar-refractivity contribution < 1.29 is 18.3 Å². The molecule has 2 aromatic carbocycles. The molecule has 1 aliphatic heterocycles. The third kappa shape index (κ3) is 4.59. The van der Waals surface area contributed by atoms with E-state index in [1.807, 2.05) is 6.07 Å². The van der Waals surface area contributed by atoms with Crippen molar-refractivity contribution in [1.82, 2.24) is 4.72 Å². The van der Waals surface area contributed by atoms with Crippen molar-refractivity contribution in [3.63, 3.8) is 0 Å². The van der Waals surface area contributed by atoms with E-state index < -0.39 is 22.2 Å². The molecular weight excluding hydrogens is 412 g/mol. The number of benzene rings is 2. The zero-order valence-electron chi connectivity index (χ0n) is 18.2. The Labute approximate surface area is 185 Å². The zero-order chi connectivity index (χ0) is 22.0. The van der Waals surface area contributed by atoms with Crippen LogP contribution in [0.1, 0.15) is 44.6 Å². The fourth-order valence-electron chi connectivity index (χ4n) is 5.06. The van der Waals surface area contributed by atoms with Gasteiger partial charge in [-0.15, -0.1) is 0 Å². The number of hydrogen-bond acceptors (Lipinski definition) is 5. The number of rotatable bonds is 5. The number of nitrogens with one attached hydrogen (secondary N) is 1. The highest BCUT2D eigenvalue weighted by Crippen LogP contribution is 2.36. The van der Waals surface area contributed by atoms with E-state index >= 15 is 0 Å². The third-order valence-electron chi connectivity index (χ3n) is 6.67. The van der Waals surface area contributed by atoms with Gasteiger partial charge in [0.2, 0.25) is 10.0 Å². The number of sulfonamides is 1. The summed E-state index contributed by atoms with van der Waals surface area (Å²) in [7, 11) is -2.19. The van der Waals surface area contributed by atoms with Gasteiger partial charge in [-0.1, -0.05) is 18.2 Å². The normalized spacial score (nSPS) is 26.7. The second kappa shape index (κ2) is 9.18. The van der Waals surface area contributed by atoms with Gasteiger partial charge in [-0.3, -0.25) is 0 Å². The van der Waals surface area contributed by atoms with Crippen LogP contribution in [-0.4, -0.2) is 44.9 Å². The van der Waals surface area contributed by atoms with Crippen LogP contribution < -0.4 is 14.4 Å². The van der Waals surface area contributed by atoms with Gasteiger partial charge in [-0.05, 0) is 81.3 Å². The van der Waals surface area contributed by atoms with Gasteiger partial charge in [-0.2, -0.15) is 0 Å². The molecule has 1 fully saturated rings. The van der Waals surface area contributed by atoms with Crippen molar-refractivity contribution in [3.8, 4) is 5.75 Å². The topological polar surface area (TPSA) is 78.9 Å². The molecule has 31 heavy (non-hydrogen) atoms. The van der Waals surface area contributed by atoms with Gasteiger partial charge >= 0.3 is 0 Å². The molecule has 0 saturated heterocycles. The van der Waals surface area contributed by atoms with Gasteiger partial charge in [0, 0.05) is 11.7 Å². The lowest BCUT2D eigenvalue weighted by molar-refractivity contribution is 0.0744. The Bertz CT molecular complexity index is 993. The number of aliphatic hydroxyl groups excluding tert-OH is 1. The monoisotopic (exact) mass is 444 g/mol. The summed E-state index contributed by atoms with van der Waals surface area (Å²) in [4.78, 5) is 2.53. The fourth-order valence-corrected chi connectivity index (χ4v) is 6.34. The summed E-state index contributed by atoms with van der Waals surface area (Å²) >= 11 is 0. The lowest BCUT2D eigenvalue weighted by atomic mass is 9.86. The molecule has 4 unspecified atom stereocenters. The SMILES string of the molecule is COc1ccc(S(=O)(=O)NC2CCCC(N3c4ccccc4CCCC3C)C2O)cc1. The lowest BCUT2D eigenvalue weighted by Gasteiger charge is -2.45. The first-order valence-electron chi connectivity index (χ1n) is 11.1. The number of nitrogens with zero attached hydrogens (tertiary/aromatic N) is 1. The van der Waals surface area contributed by atoms with Crippen molar-refractivity contribution in [2.45, 2.75) is 74.6 Å². The molecule has 7 heteroatoms. The van der Waals surface area contributed by atoms with Crippen LogP contribution in [0, 0.1) is 0 Å². The average Bonchev–Trinajstić information content (AvgIpc) is 2.93. The number of methoxy groups -OCH3 is 1. The van der Waals surface area contributed by atoms with Gasteiger partial charge in [0.1, 0.15) is 5.75 Å². The smallest absolute Gasteiger partial charge is 0.240 e. The molecule has 2 aliphatic rings. The van der Waals surface area contributed by atoms with Crippen molar-refractivity contribution in [2.24, 2.45) is 0 Å². The van der Waals surface area contributed by atoms with E-state index in [-0.39, 0.29) is 10.9 Å². The molecule has 168 valence electrons. The van der Waals surface area contributed by atoms with Crippen LogP contribution >= 0.6 is 0 Å². The molecule has 6 nitrogen and oxygen atoms in total. The fraction of sp³-hybridized carbons (Fsp3) is 0.500. The number of para-hydroxylation sites is 1. The maximum Gasteiger partial charge on any atom is 0.240 e. The molecule has 4 rings (SSSR count). The Hall–Kier alpha value is -2.09. The van der Waals surface area contributed by atoms with Crippen LogP contribution in [0.4, 0.5) is 5.69 Å². The minimum Gasteiger partial charge on any atom is -0.497 e.